The number of nitrogens with zero attached hydrogens (tertiary/aromatic N) is 1. The number of carboxylic acid groups (broad SMARTS) is 1. The van der Waals surface area contributed by atoms with Gasteiger partial charge in [0.2, 0.25) is 47.3 Å². The molecule has 7 atom stereocenters. The maximum Gasteiger partial charge on any atom is 0.326 e. The zero-order chi connectivity index (χ0) is 46.7. The van der Waals surface area contributed by atoms with Crippen LogP contribution in [-0.2, 0) is 43.2 Å². The molecule has 0 aliphatic carbocycles. The van der Waals surface area contributed by atoms with E-state index in [1.807, 2.05) is 13.8 Å². The maximum absolute atomic E-state index is 13.6. The molecule has 0 heterocycles. The number of hydrogen-bond donors (Lipinski definition) is 13. The van der Waals surface area contributed by atoms with Crippen LogP contribution >= 0.6 is 11.8 Å². The van der Waals surface area contributed by atoms with E-state index in [0.717, 1.165) is 0 Å². The van der Waals surface area contributed by atoms with Crippen molar-refractivity contribution in [2.24, 2.45) is 45.5 Å². The Kier molecular flexibility index (Phi) is 28.1. The monoisotopic (exact) mass is 888 g/mol. The quantitative estimate of drug-likeness (QED) is 0.0174. The third kappa shape index (κ3) is 24.6. The topological polar surface area (TPSA) is 401 Å². The molecule has 0 aliphatic heterocycles. The number of amides is 8. The number of aliphatic imine (C=N–C) groups is 1. The Hall–Kier alpha value is -5.23. The summed E-state index contributed by atoms with van der Waals surface area (Å²) in [7, 11) is 0. The molecule has 24 heteroatoms. The Morgan fingerprint density at radius 1 is 0.672 bits per heavy atom. The Morgan fingerprint density at radius 2 is 1.18 bits per heavy atom. The SMILES string of the molecule is CC[C@H](C)[C@H](NC(=O)CNC(=O)[C@H](CCCN=C(N)N)NC(=O)[C@H](CCSC)NC(=O)CNC(=O)[C@H](CC(N)=O)NC(=O)[C@H](CCCCN)NC(=O)[C@@H](N)CC(C)C)C(=O)O. The van der Waals surface area contributed by atoms with E-state index in [1.54, 1.807) is 20.1 Å². The fourth-order valence-corrected chi connectivity index (χ4v) is 6.09. The lowest BCUT2D eigenvalue weighted by Gasteiger charge is -2.25. The van der Waals surface area contributed by atoms with E-state index >= 15 is 0 Å². The van der Waals surface area contributed by atoms with Gasteiger partial charge >= 0.3 is 5.97 Å². The van der Waals surface area contributed by atoms with Gasteiger partial charge in [-0.15, -0.1) is 0 Å². The number of hydrogen-bond acceptors (Lipinski definition) is 13. The van der Waals surface area contributed by atoms with Crippen molar-refractivity contribution < 1.29 is 48.3 Å². The maximum atomic E-state index is 13.6. The average Bonchev–Trinajstić information content (AvgIpc) is 3.18. The number of primary amides is 1. The minimum Gasteiger partial charge on any atom is -0.480 e. The number of carbonyl (C=O) groups is 9. The Balaban J connectivity index is 5.92. The molecule has 0 aliphatic rings. The largest absolute Gasteiger partial charge is 0.480 e. The van der Waals surface area contributed by atoms with Gasteiger partial charge in [-0.05, 0) is 75.3 Å². The van der Waals surface area contributed by atoms with Crippen molar-refractivity contribution in [1.29, 1.82) is 0 Å². The summed E-state index contributed by atoms with van der Waals surface area (Å²) in [5.41, 5.74) is 27.7. The number of aliphatic carboxylic acids is 1. The summed E-state index contributed by atoms with van der Waals surface area (Å²) in [6.07, 6.45) is 3.35. The Bertz CT molecular complexity index is 1500. The van der Waals surface area contributed by atoms with Crippen LogP contribution in [0.1, 0.15) is 85.5 Å². The summed E-state index contributed by atoms with van der Waals surface area (Å²) >= 11 is 1.36. The van der Waals surface area contributed by atoms with Crippen molar-refractivity contribution in [2.75, 3.05) is 38.2 Å². The Morgan fingerprint density at radius 3 is 1.69 bits per heavy atom. The van der Waals surface area contributed by atoms with Crippen LogP contribution in [0, 0.1) is 11.8 Å². The van der Waals surface area contributed by atoms with E-state index < -0.39 is 115 Å². The van der Waals surface area contributed by atoms with Crippen molar-refractivity contribution in [1.82, 2.24) is 37.2 Å². The first-order chi connectivity index (χ1) is 28.7. The van der Waals surface area contributed by atoms with E-state index in [2.05, 4.69) is 42.2 Å². The molecule has 0 aromatic rings. The Labute approximate surface area is 361 Å². The smallest absolute Gasteiger partial charge is 0.326 e. The molecule has 8 amide bonds. The second kappa shape index (κ2) is 30.7. The average molecular weight is 888 g/mol. The standard InChI is InChI=1S/C37H69N13O10S/c1-6-21(4)30(36(59)60)50-29(53)19-44-32(55)23(11-9-14-43-37(41)42)48-35(58)25(12-15-61-5)46-28(52)18-45-33(56)26(17-27(40)51)49-34(57)24(10-7-8-13-38)47-31(54)22(39)16-20(2)3/h20-26,30H,6-19,38-39H2,1-5H3,(H2,40,51)(H,44,55)(H,45,56)(H,46,52)(H,47,54)(H,48,58)(H,49,57)(H,50,53)(H,59,60)(H4,41,42,43)/t21-,22-,23-,24-,25-,26-,30-/m0/s1. The predicted octanol–water partition coefficient (Wildman–Crippen LogP) is -4.04. The number of nitrogens with one attached hydrogen (secondary N) is 7. The third-order valence-electron chi connectivity index (χ3n) is 9.16. The number of nitrogens with two attached hydrogens (primary N) is 5. The van der Waals surface area contributed by atoms with E-state index in [9.17, 15) is 48.3 Å². The number of carboxylic acids is 1. The van der Waals surface area contributed by atoms with Crippen LogP contribution < -0.4 is 65.9 Å². The first-order valence-electron chi connectivity index (χ1n) is 20.2. The summed E-state index contributed by atoms with van der Waals surface area (Å²) in [4.78, 5) is 119. The number of unbranched alkanes of at least 4 members (excludes halogenated alkanes) is 1. The molecule has 0 aromatic heterocycles. The summed E-state index contributed by atoms with van der Waals surface area (Å²) in [6.45, 7) is 6.29. The van der Waals surface area contributed by atoms with Crippen LogP contribution in [0.25, 0.3) is 0 Å². The first-order valence-corrected chi connectivity index (χ1v) is 21.6. The minimum absolute atomic E-state index is 0.00484. The van der Waals surface area contributed by atoms with E-state index in [-0.39, 0.29) is 44.1 Å². The van der Waals surface area contributed by atoms with Gasteiger partial charge < -0.3 is 71.0 Å². The molecular formula is C37H69N13O10S. The van der Waals surface area contributed by atoms with Gasteiger partial charge in [-0.25, -0.2) is 4.79 Å². The first kappa shape index (κ1) is 55.8. The van der Waals surface area contributed by atoms with Gasteiger partial charge in [0.05, 0.1) is 25.6 Å². The highest BCUT2D eigenvalue weighted by Gasteiger charge is 2.31. The van der Waals surface area contributed by atoms with Gasteiger partial charge in [-0.2, -0.15) is 11.8 Å². The van der Waals surface area contributed by atoms with Crippen LogP contribution in [0.3, 0.4) is 0 Å². The highest BCUT2D eigenvalue weighted by Crippen LogP contribution is 2.09. The summed E-state index contributed by atoms with van der Waals surface area (Å²) in [5.74, 6) is -7.82. The number of guanidine groups is 1. The highest BCUT2D eigenvalue weighted by molar-refractivity contribution is 7.98. The summed E-state index contributed by atoms with van der Waals surface area (Å²) in [6, 6.07) is -7.24. The molecule has 0 aromatic carbocycles. The van der Waals surface area contributed by atoms with Gasteiger partial charge in [0.25, 0.3) is 0 Å². The molecule has 0 spiro atoms. The van der Waals surface area contributed by atoms with Crippen LogP contribution in [-0.4, -0.2) is 139 Å². The third-order valence-corrected chi connectivity index (χ3v) is 9.81. The molecule has 0 bridgehead atoms. The van der Waals surface area contributed by atoms with Crippen LogP contribution in [0.4, 0.5) is 0 Å². The molecule has 0 saturated carbocycles. The second-order valence-electron chi connectivity index (χ2n) is 14.9. The van der Waals surface area contributed by atoms with E-state index in [1.165, 1.54) is 11.8 Å². The van der Waals surface area contributed by atoms with Crippen LogP contribution in [0.5, 0.6) is 0 Å². The van der Waals surface area contributed by atoms with Crippen molar-refractivity contribution in [2.45, 2.75) is 122 Å². The molecule has 18 N–H and O–H groups in total. The van der Waals surface area contributed by atoms with Gasteiger partial charge in [0.1, 0.15) is 30.2 Å². The normalized spacial score (nSPS) is 14.4. The zero-order valence-electron chi connectivity index (χ0n) is 35.9. The van der Waals surface area contributed by atoms with E-state index in [0.29, 0.717) is 38.0 Å². The van der Waals surface area contributed by atoms with Crippen LogP contribution in [0.15, 0.2) is 4.99 Å². The van der Waals surface area contributed by atoms with Crippen molar-refractivity contribution in [3.63, 3.8) is 0 Å². The van der Waals surface area contributed by atoms with Crippen molar-refractivity contribution in [3.05, 3.63) is 0 Å². The van der Waals surface area contributed by atoms with Crippen molar-refractivity contribution >= 4 is 70.9 Å². The molecule has 0 unspecified atom stereocenters. The molecule has 61 heavy (non-hydrogen) atoms. The number of carbonyl (C=O) groups excluding carboxylic acids is 8. The number of rotatable bonds is 32. The molecule has 0 saturated heterocycles. The molecular weight excluding hydrogens is 819 g/mol. The second-order valence-corrected chi connectivity index (χ2v) is 15.9. The zero-order valence-corrected chi connectivity index (χ0v) is 36.7. The van der Waals surface area contributed by atoms with Gasteiger partial charge in [-0.3, -0.25) is 43.3 Å². The van der Waals surface area contributed by atoms with E-state index in [4.69, 9.17) is 28.7 Å². The summed E-state index contributed by atoms with van der Waals surface area (Å²) in [5, 5.41) is 26.7. The molecule has 348 valence electrons. The fourth-order valence-electron chi connectivity index (χ4n) is 5.62. The lowest BCUT2D eigenvalue weighted by Crippen LogP contribution is -2.58. The minimum atomic E-state index is -1.54. The molecule has 0 fully saturated rings. The molecule has 0 rings (SSSR count). The lowest BCUT2D eigenvalue weighted by molar-refractivity contribution is -0.143. The van der Waals surface area contributed by atoms with Gasteiger partial charge in [0.15, 0.2) is 5.96 Å². The highest BCUT2D eigenvalue weighted by atomic mass is 32.2. The fraction of sp³-hybridized carbons (Fsp3) is 0.730. The van der Waals surface area contributed by atoms with Gasteiger partial charge in [0, 0.05) is 6.54 Å². The predicted molar refractivity (Wildman–Crippen MR) is 230 cm³/mol. The lowest BCUT2D eigenvalue weighted by atomic mass is 9.99. The summed E-state index contributed by atoms with van der Waals surface area (Å²) < 4.78 is 0. The van der Waals surface area contributed by atoms with Crippen molar-refractivity contribution in [3.8, 4) is 0 Å². The van der Waals surface area contributed by atoms with Crippen LogP contribution in [0.2, 0.25) is 0 Å². The molecule has 0 radical (unpaired) electrons. The van der Waals surface area contributed by atoms with Gasteiger partial charge in [-0.1, -0.05) is 34.1 Å². The number of thioether (sulfide) groups is 1. The molecule has 23 nitrogen and oxygen atoms in total.